The molecule has 0 aliphatic carbocycles. The summed E-state index contributed by atoms with van der Waals surface area (Å²) in [6.45, 7) is 13.3. The summed E-state index contributed by atoms with van der Waals surface area (Å²) in [5.74, 6) is 0. The monoisotopic (exact) mass is 213 g/mol. The summed E-state index contributed by atoms with van der Waals surface area (Å²) < 4.78 is 5.67. The van der Waals surface area contributed by atoms with E-state index < -0.39 is 0 Å². The summed E-state index contributed by atoms with van der Waals surface area (Å²) in [5.41, 5.74) is 1.20. The first-order valence-electron chi connectivity index (χ1n) is 6.13. The lowest BCUT2D eigenvalue weighted by atomic mass is 10.2. The second kappa shape index (κ2) is 10.2. The fraction of sp³-hybridized carbons (Fsp3) is 0.846. The molecule has 1 unspecified atom stereocenters. The van der Waals surface area contributed by atoms with E-state index in [1.165, 1.54) is 18.4 Å². The normalized spacial score (nSPS) is 12.7. The zero-order valence-electron chi connectivity index (χ0n) is 10.6. The average molecular weight is 213 g/mol. The molecule has 0 amide bonds. The van der Waals surface area contributed by atoms with E-state index in [0.29, 0.717) is 6.10 Å². The molecule has 15 heavy (non-hydrogen) atoms. The number of hydrogen-bond donors (Lipinski definition) is 1. The minimum atomic E-state index is 0.382. The lowest BCUT2D eigenvalue weighted by Gasteiger charge is -2.13. The smallest absolute Gasteiger partial charge is 0.0547 e. The zero-order valence-corrected chi connectivity index (χ0v) is 10.6. The quantitative estimate of drug-likeness (QED) is 0.444. The number of nitrogens with one attached hydrogen (secondary N) is 1. The SMILES string of the molecule is C=C(C)CCOC(C)CCCNCCC. The van der Waals surface area contributed by atoms with Crippen LogP contribution in [0.5, 0.6) is 0 Å². The van der Waals surface area contributed by atoms with Crippen LogP contribution in [-0.4, -0.2) is 25.8 Å². The maximum atomic E-state index is 5.67. The van der Waals surface area contributed by atoms with Crippen molar-refractivity contribution in [3.63, 3.8) is 0 Å². The van der Waals surface area contributed by atoms with Gasteiger partial charge in [0.15, 0.2) is 0 Å². The van der Waals surface area contributed by atoms with Crippen molar-refractivity contribution >= 4 is 0 Å². The second-order valence-electron chi connectivity index (χ2n) is 4.28. The summed E-state index contributed by atoms with van der Waals surface area (Å²) in [6, 6.07) is 0. The highest BCUT2D eigenvalue weighted by Crippen LogP contribution is 2.03. The second-order valence-corrected chi connectivity index (χ2v) is 4.28. The maximum Gasteiger partial charge on any atom is 0.0547 e. The lowest BCUT2D eigenvalue weighted by molar-refractivity contribution is 0.0613. The summed E-state index contributed by atoms with van der Waals surface area (Å²) >= 11 is 0. The number of rotatable bonds is 10. The molecule has 0 aromatic carbocycles. The number of hydrogen-bond acceptors (Lipinski definition) is 2. The molecule has 0 bridgehead atoms. The minimum absolute atomic E-state index is 0.382. The van der Waals surface area contributed by atoms with Gasteiger partial charge >= 0.3 is 0 Å². The van der Waals surface area contributed by atoms with Gasteiger partial charge in [0.2, 0.25) is 0 Å². The van der Waals surface area contributed by atoms with Gasteiger partial charge < -0.3 is 10.1 Å². The third-order valence-corrected chi connectivity index (χ3v) is 2.32. The van der Waals surface area contributed by atoms with E-state index in [9.17, 15) is 0 Å². The molecule has 0 radical (unpaired) electrons. The van der Waals surface area contributed by atoms with Crippen molar-refractivity contribution in [2.75, 3.05) is 19.7 Å². The van der Waals surface area contributed by atoms with Crippen molar-refractivity contribution in [2.45, 2.75) is 52.6 Å². The molecule has 2 nitrogen and oxygen atoms in total. The molecule has 0 aromatic heterocycles. The van der Waals surface area contributed by atoms with Crippen molar-refractivity contribution in [3.05, 3.63) is 12.2 Å². The molecular weight excluding hydrogens is 186 g/mol. The molecule has 90 valence electrons. The maximum absolute atomic E-state index is 5.67. The molecule has 0 aliphatic rings. The highest BCUT2D eigenvalue weighted by Gasteiger charge is 2.01. The van der Waals surface area contributed by atoms with Crippen LogP contribution in [-0.2, 0) is 4.74 Å². The predicted octanol–water partition coefficient (Wildman–Crippen LogP) is 3.14. The molecular formula is C13H27NO. The lowest BCUT2D eigenvalue weighted by Crippen LogP contribution is -2.18. The van der Waals surface area contributed by atoms with Gasteiger partial charge in [0.25, 0.3) is 0 Å². The van der Waals surface area contributed by atoms with Crippen LogP contribution in [0.2, 0.25) is 0 Å². The highest BCUT2D eigenvalue weighted by molar-refractivity contribution is 4.87. The van der Waals surface area contributed by atoms with Gasteiger partial charge in [-0.3, -0.25) is 0 Å². The summed E-state index contributed by atoms with van der Waals surface area (Å²) in [4.78, 5) is 0. The molecule has 0 saturated heterocycles. The largest absolute Gasteiger partial charge is 0.378 e. The van der Waals surface area contributed by atoms with E-state index in [1.54, 1.807) is 0 Å². The third-order valence-electron chi connectivity index (χ3n) is 2.32. The Hall–Kier alpha value is -0.340. The Morgan fingerprint density at radius 3 is 2.73 bits per heavy atom. The highest BCUT2D eigenvalue weighted by atomic mass is 16.5. The van der Waals surface area contributed by atoms with Crippen LogP contribution in [0.1, 0.15) is 46.5 Å². The minimum Gasteiger partial charge on any atom is -0.378 e. The average Bonchev–Trinajstić information content (AvgIpc) is 2.17. The molecule has 0 spiro atoms. The van der Waals surface area contributed by atoms with Crippen molar-refractivity contribution in [2.24, 2.45) is 0 Å². The Kier molecular flexibility index (Phi) is 9.96. The topological polar surface area (TPSA) is 21.3 Å². The van der Waals surface area contributed by atoms with Crippen LogP contribution in [0.15, 0.2) is 12.2 Å². The molecule has 0 saturated carbocycles. The first kappa shape index (κ1) is 14.7. The Balaban J connectivity index is 3.18. The first-order chi connectivity index (χ1) is 7.16. The fourth-order valence-electron chi connectivity index (χ4n) is 1.33. The van der Waals surface area contributed by atoms with E-state index in [-0.39, 0.29) is 0 Å². The summed E-state index contributed by atoms with van der Waals surface area (Å²) in [6.07, 6.45) is 4.93. The van der Waals surface area contributed by atoms with Gasteiger partial charge in [0.05, 0.1) is 12.7 Å². The Labute approximate surface area is 95.1 Å². The predicted molar refractivity (Wildman–Crippen MR) is 67.2 cm³/mol. The van der Waals surface area contributed by atoms with Gasteiger partial charge in [0.1, 0.15) is 0 Å². The number of ether oxygens (including phenoxy) is 1. The third kappa shape index (κ3) is 11.6. The Morgan fingerprint density at radius 2 is 2.13 bits per heavy atom. The van der Waals surface area contributed by atoms with Crippen molar-refractivity contribution < 1.29 is 4.74 Å². The molecule has 2 heteroatoms. The van der Waals surface area contributed by atoms with Crippen LogP contribution in [0.3, 0.4) is 0 Å². The summed E-state index contributed by atoms with van der Waals surface area (Å²) in [5, 5.41) is 3.40. The Morgan fingerprint density at radius 1 is 1.40 bits per heavy atom. The van der Waals surface area contributed by atoms with Crippen LogP contribution in [0, 0.1) is 0 Å². The van der Waals surface area contributed by atoms with E-state index in [4.69, 9.17) is 4.74 Å². The van der Waals surface area contributed by atoms with Gasteiger partial charge in [-0.15, -0.1) is 6.58 Å². The molecule has 0 aliphatic heterocycles. The van der Waals surface area contributed by atoms with E-state index in [0.717, 1.165) is 32.5 Å². The molecule has 0 fully saturated rings. The summed E-state index contributed by atoms with van der Waals surface area (Å²) in [7, 11) is 0. The van der Waals surface area contributed by atoms with Gasteiger partial charge in [-0.25, -0.2) is 0 Å². The van der Waals surface area contributed by atoms with E-state index in [1.807, 2.05) is 6.92 Å². The molecule has 1 atom stereocenters. The van der Waals surface area contributed by atoms with Gasteiger partial charge in [-0.2, -0.15) is 0 Å². The van der Waals surface area contributed by atoms with Gasteiger partial charge in [0, 0.05) is 0 Å². The first-order valence-corrected chi connectivity index (χ1v) is 6.13. The molecule has 0 aromatic rings. The van der Waals surface area contributed by atoms with Crippen LogP contribution in [0.25, 0.3) is 0 Å². The van der Waals surface area contributed by atoms with Crippen LogP contribution >= 0.6 is 0 Å². The van der Waals surface area contributed by atoms with Crippen molar-refractivity contribution in [1.82, 2.24) is 5.32 Å². The molecule has 1 N–H and O–H groups in total. The standard InChI is InChI=1S/C13H27NO/c1-5-9-14-10-6-7-13(4)15-11-8-12(2)3/h13-14H,2,5-11H2,1,3-4H3. The van der Waals surface area contributed by atoms with Crippen molar-refractivity contribution in [1.29, 1.82) is 0 Å². The van der Waals surface area contributed by atoms with Gasteiger partial charge in [-0.1, -0.05) is 12.5 Å². The van der Waals surface area contributed by atoms with E-state index >= 15 is 0 Å². The fourth-order valence-corrected chi connectivity index (χ4v) is 1.33. The Bertz CT molecular complexity index is 157. The zero-order chi connectivity index (χ0) is 11.5. The van der Waals surface area contributed by atoms with Crippen LogP contribution in [0.4, 0.5) is 0 Å². The van der Waals surface area contributed by atoms with Crippen LogP contribution < -0.4 is 5.32 Å². The van der Waals surface area contributed by atoms with Crippen molar-refractivity contribution in [3.8, 4) is 0 Å². The van der Waals surface area contributed by atoms with Gasteiger partial charge in [-0.05, 0) is 52.6 Å². The molecule has 0 heterocycles. The molecule has 0 rings (SSSR count). The van der Waals surface area contributed by atoms with E-state index in [2.05, 4.69) is 25.7 Å².